The first kappa shape index (κ1) is 20.0. The van der Waals surface area contributed by atoms with Crippen LogP contribution >= 0.6 is 0 Å². The number of hydrogen-bond donors (Lipinski definition) is 2. The second-order valence-electron chi connectivity index (χ2n) is 8.82. The van der Waals surface area contributed by atoms with Crippen LogP contribution < -0.4 is 5.32 Å². The first-order valence-electron chi connectivity index (χ1n) is 11.0. The Balaban J connectivity index is 1.21. The fraction of sp³-hybridized carbons (Fsp3) is 0.296. The first-order chi connectivity index (χ1) is 15.2. The largest absolute Gasteiger partial charge is 0.372 e. The number of rotatable bonds is 7. The molecule has 1 aliphatic heterocycles. The molecule has 0 radical (unpaired) electrons. The number of carbonyl (C=O) groups is 1. The summed E-state index contributed by atoms with van der Waals surface area (Å²) in [5.41, 5.74) is 0.836. The van der Waals surface area contributed by atoms with Gasteiger partial charge in [-0.2, -0.15) is 0 Å². The van der Waals surface area contributed by atoms with Crippen LogP contribution in [0.3, 0.4) is 0 Å². The van der Waals surface area contributed by atoms with Crippen molar-refractivity contribution < 1.29 is 9.90 Å². The SMILES string of the molecule is O=C(NC[C@@H]1[C@H]2CN(Cc3ccccc3)C[C@@H]12)C(O)(c1ccccc1)c1ccccc1. The van der Waals surface area contributed by atoms with Gasteiger partial charge in [0.2, 0.25) is 0 Å². The molecule has 1 amide bonds. The Kier molecular flexibility index (Phi) is 5.34. The standard InChI is InChI=1S/C27H28N2O2/c30-26(27(31,21-12-6-2-7-13-21)22-14-8-3-9-15-22)28-16-23-24-18-29(19-25(23)24)17-20-10-4-1-5-11-20/h1-15,23-25,31H,16-19H2,(H,28,30)/t23-,24-,25+. The molecule has 3 aromatic carbocycles. The van der Waals surface area contributed by atoms with E-state index < -0.39 is 5.60 Å². The van der Waals surface area contributed by atoms with E-state index in [-0.39, 0.29) is 5.91 Å². The van der Waals surface area contributed by atoms with Crippen LogP contribution in [0.4, 0.5) is 0 Å². The molecule has 4 nitrogen and oxygen atoms in total. The number of carbonyl (C=O) groups excluding carboxylic acids is 1. The van der Waals surface area contributed by atoms with Crippen molar-refractivity contribution >= 4 is 5.91 Å². The molecule has 5 rings (SSSR count). The minimum atomic E-state index is -1.69. The van der Waals surface area contributed by atoms with Crippen LogP contribution in [0.5, 0.6) is 0 Å². The molecule has 4 heteroatoms. The van der Waals surface area contributed by atoms with Crippen molar-refractivity contribution in [1.82, 2.24) is 10.2 Å². The maximum Gasteiger partial charge on any atom is 0.261 e. The Labute approximate surface area is 183 Å². The van der Waals surface area contributed by atoms with E-state index in [1.54, 1.807) is 24.3 Å². The fourth-order valence-corrected chi connectivity index (χ4v) is 5.14. The van der Waals surface area contributed by atoms with Crippen LogP contribution in [0, 0.1) is 17.8 Å². The molecule has 1 aliphatic carbocycles. The van der Waals surface area contributed by atoms with Gasteiger partial charge < -0.3 is 10.4 Å². The van der Waals surface area contributed by atoms with Gasteiger partial charge in [-0.3, -0.25) is 9.69 Å². The van der Waals surface area contributed by atoms with E-state index in [4.69, 9.17) is 0 Å². The van der Waals surface area contributed by atoms with Crippen molar-refractivity contribution in [3.63, 3.8) is 0 Å². The number of benzene rings is 3. The van der Waals surface area contributed by atoms with Crippen molar-refractivity contribution in [3.8, 4) is 0 Å². The maximum absolute atomic E-state index is 13.3. The first-order valence-corrected chi connectivity index (χ1v) is 11.0. The molecule has 31 heavy (non-hydrogen) atoms. The summed E-state index contributed by atoms with van der Waals surface area (Å²) in [6, 6.07) is 29.0. The van der Waals surface area contributed by atoms with Crippen LogP contribution in [0.2, 0.25) is 0 Å². The van der Waals surface area contributed by atoms with E-state index in [9.17, 15) is 9.90 Å². The third-order valence-electron chi connectivity index (χ3n) is 6.91. The predicted octanol–water partition coefficient (Wildman–Crippen LogP) is 3.42. The lowest BCUT2D eigenvalue weighted by Crippen LogP contribution is -2.46. The van der Waals surface area contributed by atoms with Gasteiger partial charge in [0, 0.05) is 26.2 Å². The van der Waals surface area contributed by atoms with Gasteiger partial charge in [-0.05, 0) is 34.4 Å². The number of amides is 1. The number of fused-ring (bicyclic) bond motifs is 1. The summed E-state index contributed by atoms with van der Waals surface area (Å²) in [6.45, 7) is 3.79. The van der Waals surface area contributed by atoms with Gasteiger partial charge in [0.05, 0.1) is 0 Å². The third kappa shape index (κ3) is 3.89. The van der Waals surface area contributed by atoms with E-state index in [1.807, 2.05) is 36.4 Å². The molecule has 1 saturated heterocycles. The third-order valence-corrected chi connectivity index (χ3v) is 6.91. The molecule has 2 fully saturated rings. The smallest absolute Gasteiger partial charge is 0.261 e. The highest BCUT2D eigenvalue weighted by Gasteiger charge is 2.55. The zero-order valence-corrected chi connectivity index (χ0v) is 17.5. The number of hydrogen-bond acceptors (Lipinski definition) is 3. The van der Waals surface area contributed by atoms with E-state index in [0.717, 1.165) is 19.6 Å². The van der Waals surface area contributed by atoms with Crippen molar-refractivity contribution in [2.75, 3.05) is 19.6 Å². The van der Waals surface area contributed by atoms with Gasteiger partial charge in [0.1, 0.15) is 0 Å². The Hall–Kier alpha value is -2.95. The zero-order chi connectivity index (χ0) is 21.3. The van der Waals surface area contributed by atoms with Gasteiger partial charge in [-0.15, -0.1) is 0 Å². The quantitative estimate of drug-likeness (QED) is 0.625. The number of piperidine rings is 1. The number of nitrogens with one attached hydrogen (secondary N) is 1. The average Bonchev–Trinajstić information content (AvgIpc) is 3.29. The molecule has 1 heterocycles. The molecule has 2 aliphatic rings. The normalized spacial score (nSPS) is 22.7. The minimum Gasteiger partial charge on any atom is -0.372 e. The molecule has 0 aromatic heterocycles. The van der Waals surface area contributed by atoms with Crippen molar-refractivity contribution in [2.24, 2.45) is 17.8 Å². The highest BCUT2D eigenvalue weighted by atomic mass is 16.3. The number of aliphatic hydroxyl groups is 1. The molecule has 1 saturated carbocycles. The minimum absolute atomic E-state index is 0.351. The monoisotopic (exact) mass is 412 g/mol. The number of likely N-dealkylation sites (tertiary alicyclic amines) is 1. The lowest BCUT2D eigenvalue weighted by Gasteiger charge is -2.28. The Morgan fingerprint density at radius 3 is 1.84 bits per heavy atom. The Morgan fingerprint density at radius 1 is 0.839 bits per heavy atom. The number of nitrogens with zero attached hydrogens (tertiary/aromatic N) is 1. The topological polar surface area (TPSA) is 52.6 Å². The summed E-state index contributed by atoms with van der Waals surface area (Å²) in [5, 5.41) is 14.6. The van der Waals surface area contributed by atoms with Crippen molar-refractivity contribution in [3.05, 3.63) is 108 Å². The molecule has 3 aromatic rings. The van der Waals surface area contributed by atoms with E-state index in [0.29, 0.717) is 35.4 Å². The second kappa shape index (κ2) is 8.29. The Bertz CT molecular complexity index is 971. The molecule has 158 valence electrons. The van der Waals surface area contributed by atoms with Crippen LogP contribution in [0.15, 0.2) is 91.0 Å². The molecule has 3 atom stereocenters. The van der Waals surface area contributed by atoms with Gasteiger partial charge in [0.25, 0.3) is 5.91 Å². The van der Waals surface area contributed by atoms with Gasteiger partial charge >= 0.3 is 0 Å². The van der Waals surface area contributed by atoms with Crippen LogP contribution in [0.1, 0.15) is 16.7 Å². The average molecular weight is 413 g/mol. The van der Waals surface area contributed by atoms with Gasteiger partial charge in [-0.25, -0.2) is 0 Å². The summed E-state index contributed by atoms with van der Waals surface area (Å²) in [4.78, 5) is 15.8. The summed E-state index contributed by atoms with van der Waals surface area (Å²) in [7, 11) is 0. The Morgan fingerprint density at radius 2 is 1.32 bits per heavy atom. The van der Waals surface area contributed by atoms with Gasteiger partial charge in [0.15, 0.2) is 5.60 Å². The van der Waals surface area contributed by atoms with Crippen LogP contribution in [-0.4, -0.2) is 35.5 Å². The van der Waals surface area contributed by atoms with Crippen LogP contribution in [-0.2, 0) is 16.9 Å². The van der Waals surface area contributed by atoms with E-state index in [2.05, 4.69) is 40.5 Å². The van der Waals surface area contributed by atoms with Gasteiger partial charge in [-0.1, -0.05) is 91.0 Å². The summed E-state index contributed by atoms with van der Waals surface area (Å²) in [6.07, 6.45) is 0. The molecular weight excluding hydrogens is 384 g/mol. The lowest BCUT2D eigenvalue weighted by atomic mass is 9.85. The summed E-state index contributed by atoms with van der Waals surface area (Å²) < 4.78 is 0. The van der Waals surface area contributed by atoms with E-state index >= 15 is 0 Å². The highest BCUT2D eigenvalue weighted by molar-refractivity contribution is 5.90. The summed E-state index contributed by atoms with van der Waals surface area (Å²) >= 11 is 0. The molecule has 0 bridgehead atoms. The predicted molar refractivity (Wildman–Crippen MR) is 121 cm³/mol. The molecule has 0 unspecified atom stereocenters. The molecule has 2 N–H and O–H groups in total. The van der Waals surface area contributed by atoms with Crippen molar-refractivity contribution in [1.29, 1.82) is 0 Å². The lowest BCUT2D eigenvalue weighted by molar-refractivity contribution is -0.136. The molecular formula is C27H28N2O2. The summed E-state index contributed by atoms with van der Waals surface area (Å²) in [5.74, 6) is 1.44. The molecule has 0 spiro atoms. The van der Waals surface area contributed by atoms with Crippen molar-refractivity contribution in [2.45, 2.75) is 12.1 Å². The maximum atomic E-state index is 13.3. The van der Waals surface area contributed by atoms with E-state index in [1.165, 1.54) is 5.56 Å². The van der Waals surface area contributed by atoms with Crippen LogP contribution in [0.25, 0.3) is 0 Å². The zero-order valence-electron chi connectivity index (χ0n) is 17.5. The fourth-order valence-electron chi connectivity index (χ4n) is 5.14. The second-order valence-corrected chi connectivity index (χ2v) is 8.82. The highest BCUT2D eigenvalue weighted by Crippen LogP contribution is 2.51.